The molecule has 0 radical (unpaired) electrons. The summed E-state index contributed by atoms with van der Waals surface area (Å²) in [5.41, 5.74) is 5.49. The topological polar surface area (TPSA) is 47.3 Å². The molecule has 14 heavy (non-hydrogen) atoms. The fraction of sp³-hybridized carbons (Fsp3) is 1.00. The van der Waals surface area contributed by atoms with Crippen LogP contribution in [0.4, 0.5) is 0 Å². The Morgan fingerprint density at radius 2 is 2.43 bits per heavy atom. The van der Waals surface area contributed by atoms with Gasteiger partial charge in [-0.15, -0.1) is 0 Å². The minimum absolute atomic E-state index is 0.521. The molecule has 2 atom stereocenters. The lowest BCUT2D eigenvalue weighted by Crippen LogP contribution is -2.26. The van der Waals surface area contributed by atoms with Crippen LogP contribution in [0.25, 0.3) is 0 Å². The van der Waals surface area contributed by atoms with Crippen LogP contribution in [-0.2, 0) is 4.74 Å². The Hall–Kier alpha value is -0.120. The number of rotatable bonds is 7. The highest BCUT2D eigenvalue weighted by Gasteiger charge is 2.14. The van der Waals surface area contributed by atoms with E-state index in [1.54, 1.807) is 0 Å². The van der Waals surface area contributed by atoms with E-state index in [9.17, 15) is 0 Å². The third-order valence-electron chi connectivity index (χ3n) is 2.82. The van der Waals surface area contributed by atoms with E-state index in [0.717, 1.165) is 39.1 Å². The molecule has 0 aromatic carbocycles. The minimum Gasteiger partial charge on any atom is -0.378 e. The normalized spacial score (nSPS) is 24.0. The van der Waals surface area contributed by atoms with Gasteiger partial charge in [0.2, 0.25) is 0 Å². The van der Waals surface area contributed by atoms with Crippen LogP contribution in [0.2, 0.25) is 0 Å². The quantitative estimate of drug-likeness (QED) is 0.606. The van der Waals surface area contributed by atoms with Crippen LogP contribution in [0, 0.1) is 5.92 Å². The van der Waals surface area contributed by atoms with Gasteiger partial charge < -0.3 is 15.8 Å². The summed E-state index contributed by atoms with van der Waals surface area (Å²) in [6.45, 7) is 6.18. The summed E-state index contributed by atoms with van der Waals surface area (Å²) in [5, 5.41) is 3.46. The summed E-state index contributed by atoms with van der Waals surface area (Å²) in [4.78, 5) is 0. The first-order chi connectivity index (χ1) is 6.83. The fourth-order valence-electron chi connectivity index (χ4n) is 1.87. The molecule has 0 aromatic rings. The lowest BCUT2D eigenvalue weighted by atomic mass is 10.1. The van der Waals surface area contributed by atoms with Crippen molar-refractivity contribution in [3.8, 4) is 0 Å². The molecule has 0 aliphatic carbocycles. The first-order valence-corrected chi connectivity index (χ1v) is 5.85. The molecule has 1 heterocycles. The van der Waals surface area contributed by atoms with Crippen LogP contribution >= 0.6 is 0 Å². The SMILES string of the molecule is CC(CCN)CNCCC1CCCO1. The van der Waals surface area contributed by atoms with E-state index in [4.69, 9.17) is 10.5 Å². The summed E-state index contributed by atoms with van der Waals surface area (Å²) in [6.07, 6.45) is 5.30. The second-order valence-electron chi connectivity index (χ2n) is 4.31. The van der Waals surface area contributed by atoms with Crippen LogP contribution in [0.1, 0.15) is 32.6 Å². The van der Waals surface area contributed by atoms with Crippen molar-refractivity contribution in [2.45, 2.75) is 38.7 Å². The van der Waals surface area contributed by atoms with E-state index in [-0.39, 0.29) is 0 Å². The van der Waals surface area contributed by atoms with Crippen molar-refractivity contribution in [1.82, 2.24) is 5.32 Å². The molecular formula is C11H24N2O. The third-order valence-corrected chi connectivity index (χ3v) is 2.82. The van der Waals surface area contributed by atoms with Crippen molar-refractivity contribution >= 4 is 0 Å². The number of ether oxygens (including phenoxy) is 1. The number of hydrogen-bond donors (Lipinski definition) is 2. The molecule has 84 valence electrons. The van der Waals surface area contributed by atoms with Gasteiger partial charge in [-0.25, -0.2) is 0 Å². The molecule has 0 aromatic heterocycles. The molecule has 0 spiro atoms. The molecule has 1 fully saturated rings. The molecule has 0 bridgehead atoms. The average Bonchev–Trinajstić information content (AvgIpc) is 2.65. The fourth-order valence-corrected chi connectivity index (χ4v) is 1.87. The van der Waals surface area contributed by atoms with Crippen molar-refractivity contribution in [3.05, 3.63) is 0 Å². The second-order valence-corrected chi connectivity index (χ2v) is 4.31. The summed E-state index contributed by atoms with van der Waals surface area (Å²) < 4.78 is 5.55. The Bertz CT molecular complexity index is 135. The van der Waals surface area contributed by atoms with Crippen LogP contribution in [-0.4, -0.2) is 32.3 Å². The predicted molar refractivity (Wildman–Crippen MR) is 59.3 cm³/mol. The van der Waals surface area contributed by atoms with Gasteiger partial charge in [0.1, 0.15) is 0 Å². The van der Waals surface area contributed by atoms with Crippen LogP contribution < -0.4 is 11.1 Å². The lowest BCUT2D eigenvalue weighted by molar-refractivity contribution is 0.104. The van der Waals surface area contributed by atoms with Gasteiger partial charge in [-0.3, -0.25) is 0 Å². The number of nitrogens with two attached hydrogens (primary N) is 1. The Morgan fingerprint density at radius 3 is 3.07 bits per heavy atom. The molecule has 1 aliphatic heterocycles. The van der Waals surface area contributed by atoms with E-state index < -0.39 is 0 Å². The third kappa shape index (κ3) is 4.94. The van der Waals surface area contributed by atoms with E-state index in [0.29, 0.717) is 12.0 Å². The Labute approximate surface area is 87.4 Å². The largest absolute Gasteiger partial charge is 0.378 e. The highest BCUT2D eigenvalue weighted by molar-refractivity contribution is 4.66. The molecule has 1 saturated heterocycles. The van der Waals surface area contributed by atoms with Gasteiger partial charge in [-0.2, -0.15) is 0 Å². The molecule has 0 saturated carbocycles. The standard InChI is InChI=1S/C11H24N2O/c1-10(4-6-12)9-13-7-5-11-3-2-8-14-11/h10-11,13H,2-9,12H2,1H3. The van der Waals surface area contributed by atoms with Crippen molar-refractivity contribution < 1.29 is 4.74 Å². The first kappa shape index (κ1) is 12.0. The van der Waals surface area contributed by atoms with Crippen molar-refractivity contribution in [2.75, 3.05) is 26.2 Å². The molecule has 3 nitrogen and oxygen atoms in total. The zero-order valence-corrected chi connectivity index (χ0v) is 9.30. The molecule has 2 unspecified atom stereocenters. The Morgan fingerprint density at radius 1 is 1.57 bits per heavy atom. The average molecular weight is 200 g/mol. The monoisotopic (exact) mass is 200 g/mol. The molecule has 1 aliphatic rings. The van der Waals surface area contributed by atoms with Crippen molar-refractivity contribution in [3.63, 3.8) is 0 Å². The summed E-state index contributed by atoms with van der Waals surface area (Å²) in [6, 6.07) is 0. The zero-order valence-electron chi connectivity index (χ0n) is 9.30. The lowest BCUT2D eigenvalue weighted by Gasteiger charge is -2.13. The Balaban J connectivity index is 1.88. The molecule has 1 rings (SSSR count). The van der Waals surface area contributed by atoms with Crippen LogP contribution in [0.5, 0.6) is 0 Å². The van der Waals surface area contributed by atoms with Gasteiger partial charge in [0.25, 0.3) is 0 Å². The van der Waals surface area contributed by atoms with Gasteiger partial charge in [-0.1, -0.05) is 6.92 Å². The summed E-state index contributed by atoms with van der Waals surface area (Å²) >= 11 is 0. The van der Waals surface area contributed by atoms with Gasteiger partial charge in [0, 0.05) is 6.61 Å². The highest BCUT2D eigenvalue weighted by Crippen LogP contribution is 2.14. The van der Waals surface area contributed by atoms with Crippen LogP contribution in [0.3, 0.4) is 0 Å². The van der Waals surface area contributed by atoms with Gasteiger partial charge in [-0.05, 0) is 51.2 Å². The Kier molecular flexibility index (Phi) is 6.15. The van der Waals surface area contributed by atoms with E-state index in [2.05, 4.69) is 12.2 Å². The summed E-state index contributed by atoms with van der Waals surface area (Å²) in [7, 11) is 0. The maximum Gasteiger partial charge on any atom is 0.0588 e. The highest BCUT2D eigenvalue weighted by atomic mass is 16.5. The second kappa shape index (κ2) is 7.21. The predicted octanol–water partition coefficient (Wildman–Crippen LogP) is 1.13. The van der Waals surface area contributed by atoms with Crippen molar-refractivity contribution in [2.24, 2.45) is 11.7 Å². The first-order valence-electron chi connectivity index (χ1n) is 5.85. The molecule has 3 N–H and O–H groups in total. The van der Waals surface area contributed by atoms with E-state index >= 15 is 0 Å². The smallest absolute Gasteiger partial charge is 0.0588 e. The number of hydrogen-bond acceptors (Lipinski definition) is 3. The maximum atomic E-state index is 5.55. The maximum absolute atomic E-state index is 5.55. The summed E-state index contributed by atoms with van der Waals surface area (Å²) in [5.74, 6) is 0.699. The van der Waals surface area contributed by atoms with Gasteiger partial charge >= 0.3 is 0 Å². The number of nitrogens with one attached hydrogen (secondary N) is 1. The molecular weight excluding hydrogens is 176 g/mol. The van der Waals surface area contributed by atoms with Crippen LogP contribution in [0.15, 0.2) is 0 Å². The zero-order chi connectivity index (χ0) is 10.2. The molecule has 0 amide bonds. The van der Waals surface area contributed by atoms with E-state index in [1.807, 2.05) is 0 Å². The molecule has 3 heteroatoms. The minimum atomic E-state index is 0.521. The van der Waals surface area contributed by atoms with Gasteiger partial charge in [0.15, 0.2) is 0 Å². The van der Waals surface area contributed by atoms with Crippen molar-refractivity contribution in [1.29, 1.82) is 0 Å². The van der Waals surface area contributed by atoms with E-state index in [1.165, 1.54) is 12.8 Å². The van der Waals surface area contributed by atoms with Gasteiger partial charge in [0.05, 0.1) is 6.10 Å².